The maximum atomic E-state index is 12.5. The summed E-state index contributed by atoms with van der Waals surface area (Å²) in [6.07, 6.45) is 0.120. The third-order valence-corrected chi connectivity index (χ3v) is 4.38. The zero-order valence-corrected chi connectivity index (χ0v) is 14.5. The molecule has 0 bridgehead atoms. The standard InChI is InChI=1S/C17H21N3O5/c1-8(2)20-16-14(17(23)19-20)10(7-13(21)18-16)9-5-11(24-3)15(22)12(6-9)25-4/h5-6,8,10,22H,7H2,1-4H3,(H,18,21)(H,19,23)/t10-/m0/s1. The first-order chi connectivity index (χ1) is 11.9. The third-order valence-electron chi connectivity index (χ3n) is 4.38. The van der Waals surface area contributed by atoms with Gasteiger partial charge in [0.25, 0.3) is 5.56 Å². The van der Waals surface area contributed by atoms with E-state index in [0.717, 1.165) is 0 Å². The van der Waals surface area contributed by atoms with Crippen LogP contribution in [-0.4, -0.2) is 35.0 Å². The molecule has 1 amide bonds. The predicted octanol–water partition coefficient (Wildman–Crippen LogP) is 1.95. The first-order valence-electron chi connectivity index (χ1n) is 7.96. The molecule has 2 aromatic rings. The Morgan fingerprint density at radius 2 is 1.80 bits per heavy atom. The molecule has 0 aliphatic carbocycles. The second kappa shape index (κ2) is 6.19. The number of hydrogen-bond acceptors (Lipinski definition) is 5. The van der Waals surface area contributed by atoms with Crippen molar-refractivity contribution in [2.24, 2.45) is 0 Å². The molecule has 0 spiro atoms. The minimum Gasteiger partial charge on any atom is -0.502 e. The summed E-state index contributed by atoms with van der Waals surface area (Å²) in [7, 11) is 2.86. The SMILES string of the molecule is COc1cc([C@@H]2CC(=O)Nc3c2c(=O)[nH]n3C(C)C)cc(OC)c1O. The highest BCUT2D eigenvalue weighted by atomic mass is 16.5. The number of benzene rings is 1. The highest BCUT2D eigenvalue weighted by Gasteiger charge is 2.34. The van der Waals surface area contributed by atoms with Gasteiger partial charge in [0, 0.05) is 18.4 Å². The lowest BCUT2D eigenvalue weighted by atomic mass is 9.86. The number of hydrogen-bond donors (Lipinski definition) is 3. The molecule has 25 heavy (non-hydrogen) atoms. The van der Waals surface area contributed by atoms with Gasteiger partial charge in [-0.1, -0.05) is 0 Å². The molecule has 2 heterocycles. The number of aromatic amines is 1. The predicted molar refractivity (Wildman–Crippen MR) is 91.7 cm³/mol. The minimum atomic E-state index is -0.462. The Hall–Kier alpha value is -2.90. The third kappa shape index (κ3) is 2.73. The number of fused-ring (bicyclic) bond motifs is 1. The van der Waals surface area contributed by atoms with Gasteiger partial charge in [0.1, 0.15) is 5.82 Å². The van der Waals surface area contributed by atoms with E-state index in [2.05, 4.69) is 10.4 Å². The summed E-state index contributed by atoms with van der Waals surface area (Å²) in [5, 5.41) is 15.6. The van der Waals surface area contributed by atoms with Gasteiger partial charge in [0.05, 0.1) is 19.8 Å². The van der Waals surface area contributed by atoms with Crippen LogP contribution in [-0.2, 0) is 4.79 Å². The molecule has 134 valence electrons. The molecule has 0 saturated heterocycles. The average Bonchev–Trinajstić information content (AvgIpc) is 2.91. The van der Waals surface area contributed by atoms with Gasteiger partial charge in [-0.2, -0.15) is 0 Å². The Labute approximate surface area is 144 Å². The minimum absolute atomic E-state index is 0.0145. The van der Waals surface area contributed by atoms with E-state index in [9.17, 15) is 14.7 Å². The number of methoxy groups -OCH3 is 2. The molecular weight excluding hydrogens is 326 g/mol. The van der Waals surface area contributed by atoms with Crippen molar-refractivity contribution in [2.45, 2.75) is 32.2 Å². The van der Waals surface area contributed by atoms with Crippen LogP contribution in [0, 0.1) is 0 Å². The lowest BCUT2D eigenvalue weighted by Crippen LogP contribution is -2.27. The fraction of sp³-hybridized carbons (Fsp3) is 0.412. The van der Waals surface area contributed by atoms with Gasteiger partial charge < -0.3 is 19.9 Å². The summed E-state index contributed by atoms with van der Waals surface area (Å²) in [5.74, 6) is 0.158. The Bertz CT molecular complexity index is 856. The summed E-state index contributed by atoms with van der Waals surface area (Å²) in [6.45, 7) is 3.83. The summed E-state index contributed by atoms with van der Waals surface area (Å²) in [6, 6.07) is 3.23. The second-order valence-electron chi connectivity index (χ2n) is 6.25. The number of aromatic nitrogens is 2. The number of nitrogens with zero attached hydrogens (tertiary/aromatic N) is 1. The van der Waals surface area contributed by atoms with E-state index < -0.39 is 5.92 Å². The van der Waals surface area contributed by atoms with Crippen LogP contribution < -0.4 is 20.3 Å². The molecule has 1 aliphatic heterocycles. The van der Waals surface area contributed by atoms with Gasteiger partial charge >= 0.3 is 0 Å². The zero-order valence-electron chi connectivity index (χ0n) is 14.5. The van der Waals surface area contributed by atoms with Gasteiger partial charge in [-0.15, -0.1) is 0 Å². The molecule has 1 aliphatic rings. The van der Waals surface area contributed by atoms with Crippen LogP contribution in [0.4, 0.5) is 5.82 Å². The number of anilines is 1. The van der Waals surface area contributed by atoms with Crippen molar-refractivity contribution in [3.63, 3.8) is 0 Å². The van der Waals surface area contributed by atoms with Crippen molar-refractivity contribution in [1.29, 1.82) is 0 Å². The summed E-state index contributed by atoms with van der Waals surface area (Å²) < 4.78 is 12.0. The van der Waals surface area contributed by atoms with E-state index in [1.54, 1.807) is 16.8 Å². The Morgan fingerprint density at radius 1 is 1.20 bits per heavy atom. The smallest absolute Gasteiger partial charge is 0.270 e. The lowest BCUT2D eigenvalue weighted by molar-refractivity contribution is -0.116. The van der Waals surface area contributed by atoms with Crippen LogP contribution in [0.15, 0.2) is 16.9 Å². The molecular formula is C17H21N3O5. The van der Waals surface area contributed by atoms with E-state index in [0.29, 0.717) is 16.9 Å². The summed E-state index contributed by atoms with van der Waals surface area (Å²) in [5.41, 5.74) is 0.900. The first kappa shape index (κ1) is 16.9. The molecule has 8 heteroatoms. The van der Waals surface area contributed by atoms with Crippen LogP contribution in [0.5, 0.6) is 17.2 Å². The summed E-state index contributed by atoms with van der Waals surface area (Å²) >= 11 is 0. The van der Waals surface area contributed by atoms with Crippen LogP contribution in [0.3, 0.4) is 0 Å². The zero-order chi connectivity index (χ0) is 18.3. The molecule has 0 saturated carbocycles. The van der Waals surface area contributed by atoms with Crippen LogP contribution >= 0.6 is 0 Å². The lowest BCUT2D eigenvalue weighted by Gasteiger charge is -2.25. The molecule has 0 fully saturated rings. The van der Waals surface area contributed by atoms with E-state index in [4.69, 9.17) is 9.47 Å². The second-order valence-corrected chi connectivity index (χ2v) is 6.25. The van der Waals surface area contributed by atoms with Gasteiger partial charge in [-0.25, -0.2) is 0 Å². The van der Waals surface area contributed by atoms with Crippen molar-refractivity contribution in [3.05, 3.63) is 33.6 Å². The maximum absolute atomic E-state index is 12.5. The molecule has 1 atom stereocenters. The van der Waals surface area contributed by atoms with Gasteiger partial charge in [0.15, 0.2) is 11.5 Å². The van der Waals surface area contributed by atoms with Crippen molar-refractivity contribution in [3.8, 4) is 17.2 Å². The maximum Gasteiger partial charge on any atom is 0.270 e. The average molecular weight is 347 g/mol. The Kier molecular flexibility index (Phi) is 4.20. The van der Waals surface area contributed by atoms with Crippen LogP contribution in [0.1, 0.15) is 43.4 Å². The number of H-pyrrole nitrogens is 1. The number of amides is 1. The number of phenols is 1. The normalized spacial score (nSPS) is 16.5. The molecule has 1 aromatic carbocycles. The first-order valence-corrected chi connectivity index (χ1v) is 7.96. The molecule has 8 nitrogen and oxygen atoms in total. The molecule has 0 unspecified atom stereocenters. The van der Waals surface area contributed by atoms with Gasteiger partial charge in [0.2, 0.25) is 11.7 Å². The molecule has 3 N–H and O–H groups in total. The van der Waals surface area contributed by atoms with Crippen LogP contribution in [0.2, 0.25) is 0 Å². The highest BCUT2D eigenvalue weighted by molar-refractivity contribution is 5.94. The molecule has 0 radical (unpaired) electrons. The van der Waals surface area contributed by atoms with Crippen molar-refractivity contribution in [1.82, 2.24) is 9.78 Å². The van der Waals surface area contributed by atoms with Gasteiger partial charge in [-0.05, 0) is 31.5 Å². The largest absolute Gasteiger partial charge is 0.502 e. The van der Waals surface area contributed by atoms with E-state index >= 15 is 0 Å². The number of phenolic OH excluding ortho intramolecular Hbond substituents is 1. The molecule has 1 aromatic heterocycles. The van der Waals surface area contributed by atoms with Crippen molar-refractivity contribution < 1.29 is 19.4 Å². The fourth-order valence-electron chi connectivity index (χ4n) is 3.17. The van der Waals surface area contributed by atoms with E-state index in [1.165, 1.54) is 14.2 Å². The number of nitrogens with one attached hydrogen (secondary N) is 2. The van der Waals surface area contributed by atoms with E-state index in [1.807, 2.05) is 13.8 Å². The number of carbonyl (C=O) groups is 1. The van der Waals surface area contributed by atoms with Crippen molar-refractivity contribution in [2.75, 3.05) is 19.5 Å². The Morgan fingerprint density at radius 3 is 2.32 bits per heavy atom. The number of aromatic hydroxyl groups is 1. The number of rotatable bonds is 4. The number of carbonyl (C=O) groups excluding carboxylic acids is 1. The van der Waals surface area contributed by atoms with Crippen molar-refractivity contribution >= 4 is 11.7 Å². The topological polar surface area (TPSA) is 106 Å². The molecule has 3 rings (SSSR count). The monoisotopic (exact) mass is 347 g/mol. The quantitative estimate of drug-likeness (QED) is 0.784. The summed E-state index contributed by atoms with van der Waals surface area (Å²) in [4.78, 5) is 24.7. The Balaban J connectivity index is 2.20. The van der Waals surface area contributed by atoms with Crippen LogP contribution in [0.25, 0.3) is 0 Å². The fourth-order valence-corrected chi connectivity index (χ4v) is 3.17. The number of ether oxygens (including phenoxy) is 2. The highest BCUT2D eigenvalue weighted by Crippen LogP contribution is 2.43. The van der Waals surface area contributed by atoms with Gasteiger partial charge in [-0.3, -0.25) is 19.4 Å². The van der Waals surface area contributed by atoms with E-state index in [-0.39, 0.29) is 41.2 Å².